The van der Waals surface area contributed by atoms with E-state index in [1.165, 1.54) is 16.7 Å². The van der Waals surface area contributed by atoms with Gasteiger partial charge in [0.2, 0.25) is 5.91 Å². The molecule has 2 aromatic carbocycles. The number of benzene rings is 2. The zero-order valence-electron chi connectivity index (χ0n) is 13.3. The first-order chi connectivity index (χ1) is 10.5. The van der Waals surface area contributed by atoms with Crippen LogP contribution in [0, 0.1) is 13.8 Å². The minimum atomic E-state index is 0.0126. The van der Waals surface area contributed by atoms with Crippen LogP contribution in [0.5, 0.6) is 0 Å². The van der Waals surface area contributed by atoms with Crippen LogP contribution in [0.2, 0.25) is 5.02 Å². The Morgan fingerprint density at radius 1 is 1.18 bits per heavy atom. The molecule has 1 atom stereocenters. The minimum Gasteiger partial charge on any atom is -0.350 e. The van der Waals surface area contributed by atoms with Gasteiger partial charge in [0.15, 0.2) is 0 Å². The predicted octanol–water partition coefficient (Wildman–Crippen LogP) is 4.77. The summed E-state index contributed by atoms with van der Waals surface area (Å²) in [6, 6.07) is 14.0. The smallest absolute Gasteiger partial charge is 0.220 e. The molecule has 2 nitrogen and oxygen atoms in total. The number of nitrogens with one attached hydrogen (secondary N) is 1. The van der Waals surface area contributed by atoms with Crippen molar-refractivity contribution >= 4 is 17.5 Å². The number of hydrogen-bond donors (Lipinski definition) is 1. The average molecular weight is 316 g/mol. The quantitative estimate of drug-likeness (QED) is 0.846. The molecular weight excluding hydrogens is 294 g/mol. The highest BCUT2D eigenvalue weighted by Crippen LogP contribution is 2.20. The van der Waals surface area contributed by atoms with Crippen LogP contribution in [0.1, 0.15) is 41.6 Å². The van der Waals surface area contributed by atoms with E-state index in [2.05, 4.69) is 37.4 Å². The van der Waals surface area contributed by atoms with Crippen molar-refractivity contribution in [3.05, 3.63) is 69.7 Å². The average Bonchev–Trinajstić information content (AvgIpc) is 2.48. The van der Waals surface area contributed by atoms with Crippen LogP contribution in [-0.4, -0.2) is 5.91 Å². The van der Waals surface area contributed by atoms with Crippen molar-refractivity contribution in [2.75, 3.05) is 0 Å². The lowest BCUT2D eigenvalue weighted by atomic mass is 10.00. The van der Waals surface area contributed by atoms with Gasteiger partial charge in [0.1, 0.15) is 0 Å². The summed E-state index contributed by atoms with van der Waals surface area (Å²) in [5, 5.41) is 3.79. The molecule has 0 saturated carbocycles. The minimum absolute atomic E-state index is 0.0126. The van der Waals surface area contributed by atoms with Crippen LogP contribution in [0.4, 0.5) is 0 Å². The molecule has 1 amide bonds. The number of halogens is 1. The van der Waals surface area contributed by atoms with Gasteiger partial charge in [0.25, 0.3) is 0 Å². The van der Waals surface area contributed by atoms with Crippen LogP contribution in [0.25, 0.3) is 0 Å². The summed E-state index contributed by atoms with van der Waals surface area (Å²) >= 11 is 6.12. The molecule has 0 heterocycles. The Kier molecular flexibility index (Phi) is 5.62. The molecule has 22 heavy (non-hydrogen) atoms. The highest BCUT2D eigenvalue weighted by Gasteiger charge is 2.12. The summed E-state index contributed by atoms with van der Waals surface area (Å²) in [6.07, 6.45) is 1.10. The zero-order valence-corrected chi connectivity index (χ0v) is 14.1. The summed E-state index contributed by atoms with van der Waals surface area (Å²) in [6.45, 7) is 6.16. The van der Waals surface area contributed by atoms with E-state index in [-0.39, 0.29) is 11.9 Å². The van der Waals surface area contributed by atoms with Crippen molar-refractivity contribution in [1.29, 1.82) is 0 Å². The topological polar surface area (TPSA) is 29.1 Å². The lowest BCUT2D eigenvalue weighted by molar-refractivity contribution is -0.121. The second kappa shape index (κ2) is 7.46. The first-order valence-electron chi connectivity index (χ1n) is 7.57. The van der Waals surface area contributed by atoms with Crippen LogP contribution in [-0.2, 0) is 11.2 Å². The molecule has 0 aliphatic heterocycles. The van der Waals surface area contributed by atoms with Gasteiger partial charge in [0.05, 0.1) is 6.04 Å². The fourth-order valence-corrected chi connectivity index (χ4v) is 2.80. The van der Waals surface area contributed by atoms with Crippen molar-refractivity contribution in [1.82, 2.24) is 5.32 Å². The van der Waals surface area contributed by atoms with E-state index in [0.29, 0.717) is 12.8 Å². The van der Waals surface area contributed by atoms with E-state index < -0.39 is 0 Å². The van der Waals surface area contributed by atoms with Gasteiger partial charge in [0, 0.05) is 11.4 Å². The second-order valence-corrected chi connectivity index (χ2v) is 6.15. The van der Waals surface area contributed by atoms with Crippen molar-refractivity contribution in [2.24, 2.45) is 0 Å². The molecule has 2 rings (SSSR count). The molecule has 0 aromatic heterocycles. The van der Waals surface area contributed by atoms with E-state index in [1.807, 2.05) is 31.2 Å². The van der Waals surface area contributed by atoms with Crippen molar-refractivity contribution < 1.29 is 4.79 Å². The van der Waals surface area contributed by atoms with Gasteiger partial charge in [-0.05, 0) is 49.9 Å². The molecule has 1 N–H and O–H groups in total. The maximum atomic E-state index is 12.2. The first kappa shape index (κ1) is 16.6. The van der Waals surface area contributed by atoms with Gasteiger partial charge in [-0.15, -0.1) is 0 Å². The fourth-order valence-electron chi connectivity index (χ4n) is 2.57. The highest BCUT2D eigenvalue weighted by molar-refractivity contribution is 6.31. The predicted molar refractivity (Wildman–Crippen MR) is 92.2 cm³/mol. The van der Waals surface area contributed by atoms with Crippen molar-refractivity contribution in [3.8, 4) is 0 Å². The number of rotatable bonds is 5. The number of carbonyl (C=O) groups is 1. The SMILES string of the molecule is Cc1ccc(C)c([C@@H](C)NC(=O)CCc2ccccc2Cl)c1. The number of amides is 1. The van der Waals surface area contributed by atoms with E-state index in [4.69, 9.17) is 11.6 Å². The van der Waals surface area contributed by atoms with Gasteiger partial charge < -0.3 is 5.32 Å². The summed E-state index contributed by atoms with van der Waals surface area (Å²) in [7, 11) is 0. The molecule has 116 valence electrons. The normalized spacial score (nSPS) is 12.0. The molecule has 2 aromatic rings. The molecule has 0 bridgehead atoms. The number of hydrogen-bond acceptors (Lipinski definition) is 1. The molecule has 0 unspecified atom stereocenters. The van der Waals surface area contributed by atoms with Gasteiger partial charge in [-0.3, -0.25) is 4.79 Å². The van der Waals surface area contributed by atoms with E-state index >= 15 is 0 Å². The third-order valence-corrected chi connectivity index (χ3v) is 4.23. The summed E-state index contributed by atoms with van der Waals surface area (Å²) < 4.78 is 0. The van der Waals surface area contributed by atoms with Crippen molar-refractivity contribution in [2.45, 2.75) is 39.7 Å². The van der Waals surface area contributed by atoms with Crippen LogP contribution < -0.4 is 5.32 Å². The molecule has 0 radical (unpaired) electrons. The Morgan fingerprint density at radius 3 is 2.64 bits per heavy atom. The Bertz CT molecular complexity index is 666. The van der Waals surface area contributed by atoms with Crippen molar-refractivity contribution in [3.63, 3.8) is 0 Å². The molecule has 0 fully saturated rings. The third-order valence-electron chi connectivity index (χ3n) is 3.86. The zero-order chi connectivity index (χ0) is 16.1. The highest BCUT2D eigenvalue weighted by atomic mass is 35.5. The lowest BCUT2D eigenvalue weighted by Gasteiger charge is -2.17. The number of aryl methyl sites for hydroxylation is 3. The number of carbonyl (C=O) groups excluding carboxylic acids is 1. The molecule has 3 heteroatoms. The first-order valence-corrected chi connectivity index (χ1v) is 7.95. The van der Waals surface area contributed by atoms with Gasteiger partial charge in [-0.25, -0.2) is 0 Å². The van der Waals surface area contributed by atoms with Crippen LogP contribution >= 0.6 is 11.6 Å². The molecule has 0 aliphatic carbocycles. The van der Waals surface area contributed by atoms with E-state index in [9.17, 15) is 4.79 Å². The molecular formula is C19H22ClNO. The molecule has 0 aliphatic rings. The largest absolute Gasteiger partial charge is 0.350 e. The standard InChI is InChI=1S/C19H22ClNO/c1-13-8-9-14(2)17(12-13)15(3)21-19(22)11-10-16-6-4-5-7-18(16)20/h4-9,12,15H,10-11H2,1-3H3,(H,21,22)/t15-/m1/s1. The van der Waals surface area contributed by atoms with Gasteiger partial charge in [-0.1, -0.05) is 53.6 Å². The van der Waals surface area contributed by atoms with E-state index in [0.717, 1.165) is 10.6 Å². The molecule has 0 spiro atoms. The fraction of sp³-hybridized carbons (Fsp3) is 0.316. The summed E-state index contributed by atoms with van der Waals surface area (Å²) in [4.78, 5) is 12.2. The lowest BCUT2D eigenvalue weighted by Crippen LogP contribution is -2.27. The Labute approximate surface area is 137 Å². The monoisotopic (exact) mass is 315 g/mol. The Balaban J connectivity index is 1.94. The molecule has 0 saturated heterocycles. The van der Waals surface area contributed by atoms with Crippen LogP contribution in [0.3, 0.4) is 0 Å². The Hall–Kier alpha value is -1.80. The Morgan fingerprint density at radius 2 is 1.91 bits per heavy atom. The van der Waals surface area contributed by atoms with Crippen LogP contribution in [0.15, 0.2) is 42.5 Å². The maximum absolute atomic E-state index is 12.2. The maximum Gasteiger partial charge on any atom is 0.220 e. The summed E-state index contributed by atoms with van der Waals surface area (Å²) in [5.41, 5.74) is 4.59. The summed E-state index contributed by atoms with van der Waals surface area (Å²) in [5.74, 6) is 0.0494. The van der Waals surface area contributed by atoms with Gasteiger partial charge in [-0.2, -0.15) is 0 Å². The second-order valence-electron chi connectivity index (χ2n) is 5.74. The van der Waals surface area contributed by atoms with E-state index in [1.54, 1.807) is 0 Å². The third kappa shape index (κ3) is 4.35. The van der Waals surface area contributed by atoms with Gasteiger partial charge >= 0.3 is 0 Å².